The van der Waals surface area contributed by atoms with Crippen molar-refractivity contribution in [2.45, 2.75) is 31.4 Å². The first-order chi connectivity index (χ1) is 15.3. The average Bonchev–Trinajstić information content (AvgIpc) is 3.14. The number of rotatable bonds is 5. The second-order valence-electron chi connectivity index (χ2n) is 8.42. The second kappa shape index (κ2) is 11.1. The van der Waals surface area contributed by atoms with E-state index in [1.807, 2.05) is 31.3 Å². The smallest absolute Gasteiger partial charge is 0.314 e. The number of nitrogens with one attached hydrogen (secondary N) is 1. The Bertz CT molecular complexity index is 1030. The van der Waals surface area contributed by atoms with Gasteiger partial charge in [0.1, 0.15) is 25.2 Å². The quantitative estimate of drug-likeness (QED) is 0.411. The molecule has 10 heteroatoms. The molecule has 4 rings (SSSR count). The van der Waals surface area contributed by atoms with E-state index in [0.717, 1.165) is 31.5 Å². The SMILES string of the molecule is COC1C(C(=O)N[N+]2(C)CCCCC2)=NN(c2ccc(Cl)cc2Cl)C1c1ccc(Cl)cc1.[I-]. The molecule has 0 saturated carbocycles. The molecule has 2 aromatic carbocycles. The van der Waals surface area contributed by atoms with Gasteiger partial charge in [-0.15, -0.1) is 0 Å². The lowest BCUT2D eigenvalue weighted by Crippen LogP contribution is -3.00. The van der Waals surface area contributed by atoms with Gasteiger partial charge in [-0.25, -0.2) is 4.59 Å². The van der Waals surface area contributed by atoms with Gasteiger partial charge in [-0.2, -0.15) is 10.5 Å². The molecular weight excluding hydrogens is 598 g/mol. The number of anilines is 1. The molecule has 1 saturated heterocycles. The monoisotopic (exact) mass is 622 g/mol. The van der Waals surface area contributed by atoms with E-state index in [9.17, 15) is 4.79 Å². The Morgan fingerprint density at radius 1 is 1.06 bits per heavy atom. The van der Waals surface area contributed by atoms with Gasteiger partial charge in [0.25, 0.3) is 0 Å². The van der Waals surface area contributed by atoms with Gasteiger partial charge in [0.05, 0.1) is 17.8 Å². The van der Waals surface area contributed by atoms with Crippen molar-refractivity contribution in [3.05, 3.63) is 63.1 Å². The number of quaternary nitrogens is 1. The maximum atomic E-state index is 13.4. The third-order valence-corrected chi connectivity index (χ3v) is 6.85. The third-order valence-electron chi connectivity index (χ3n) is 6.06. The van der Waals surface area contributed by atoms with Crippen molar-refractivity contribution in [2.75, 3.05) is 32.3 Å². The number of hydrazone groups is 1. The Labute approximate surface area is 226 Å². The van der Waals surface area contributed by atoms with Gasteiger partial charge in [0.2, 0.25) is 0 Å². The molecule has 2 atom stereocenters. The number of hydrogen-bond acceptors (Lipinski definition) is 4. The first kappa shape index (κ1) is 26.5. The van der Waals surface area contributed by atoms with Crippen LogP contribution in [0, 0.1) is 0 Å². The first-order valence-corrected chi connectivity index (χ1v) is 11.7. The molecule has 0 bridgehead atoms. The van der Waals surface area contributed by atoms with Crippen molar-refractivity contribution in [1.82, 2.24) is 5.43 Å². The summed E-state index contributed by atoms with van der Waals surface area (Å²) < 4.78 is 6.32. The lowest BCUT2D eigenvalue weighted by molar-refractivity contribution is -0.947. The Kier molecular flexibility index (Phi) is 8.91. The molecule has 1 N–H and O–H groups in total. The van der Waals surface area contributed by atoms with Crippen LogP contribution in [0.4, 0.5) is 5.69 Å². The number of carbonyl (C=O) groups excluding carboxylic acids is 1. The number of ether oxygens (including phenoxy) is 1. The normalized spacial score (nSPS) is 21.8. The van der Waals surface area contributed by atoms with Crippen LogP contribution in [0.1, 0.15) is 30.9 Å². The van der Waals surface area contributed by atoms with Crippen LogP contribution in [0.3, 0.4) is 0 Å². The van der Waals surface area contributed by atoms with Crippen molar-refractivity contribution in [3.8, 4) is 0 Å². The highest BCUT2D eigenvalue weighted by molar-refractivity contribution is 6.41. The molecule has 2 unspecified atom stereocenters. The Balaban J connectivity index is 0.00000306. The molecule has 0 spiro atoms. The number of nitrogens with zero attached hydrogens (tertiary/aromatic N) is 3. The standard InChI is InChI=1S/C23H25Cl3N4O2.HI/c1-30(12-4-3-5-13-30)28-23(31)20-22(32-2)21(15-6-8-16(24)9-7-15)29(27-20)19-11-10-17(25)14-18(19)26;/h6-11,14,21-22H,3-5,12-13H2,1-2H3;1H. The summed E-state index contributed by atoms with van der Waals surface area (Å²) in [5.74, 6) is -0.243. The summed E-state index contributed by atoms with van der Waals surface area (Å²) in [6, 6.07) is 12.2. The van der Waals surface area contributed by atoms with Crippen LogP contribution in [0.2, 0.25) is 15.1 Å². The van der Waals surface area contributed by atoms with Crippen molar-refractivity contribution >= 4 is 52.1 Å². The number of benzene rings is 2. The molecule has 2 aliphatic heterocycles. The minimum atomic E-state index is -0.598. The summed E-state index contributed by atoms with van der Waals surface area (Å²) in [6.07, 6.45) is 2.75. The minimum absolute atomic E-state index is 0. The summed E-state index contributed by atoms with van der Waals surface area (Å²) in [4.78, 5) is 13.4. The van der Waals surface area contributed by atoms with E-state index in [1.54, 1.807) is 30.3 Å². The number of methoxy groups -OCH3 is 1. The van der Waals surface area contributed by atoms with Crippen molar-refractivity contribution in [2.24, 2.45) is 5.10 Å². The van der Waals surface area contributed by atoms with Gasteiger partial charge in [0.15, 0.2) is 5.71 Å². The van der Waals surface area contributed by atoms with Crippen LogP contribution >= 0.6 is 34.8 Å². The number of hydrogen-bond donors (Lipinski definition) is 1. The molecule has 6 nitrogen and oxygen atoms in total. The predicted molar refractivity (Wildman–Crippen MR) is 129 cm³/mol. The number of likely N-dealkylation sites (tertiary alicyclic amines) is 1. The van der Waals surface area contributed by atoms with Gasteiger partial charge in [-0.1, -0.05) is 46.9 Å². The van der Waals surface area contributed by atoms with Gasteiger partial charge in [-0.3, -0.25) is 9.80 Å². The van der Waals surface area contributed by atoms with Crippen LogP contribution in [-0.2, 0) is 9.53 Å². The molecule has 0 aromatic heterocycles. The highest BCUT2D eigenvalue weighted by Crippen LogP contribution is 2.41. The zero-order valence-electron chi connectivity index (χ0n) is 18.4. The summed E-state index contributed by atoms with van der Waals surface area (Å²) >= 11 is 18.7. The largest absolute Gasteiger partial charge is 1.00 e. The van der Waals surface area contributed by atoms with Gasteiger partial charge < -0.3 is 28.7 Å². The Morgan fingerprint density at radius 3 is 2.30 bits per heavy atom. The lowest BCUT2D eigenvalue weighted by atomic mass is 9.98. The molecule has 0 aliphatic carbocycles. The van der Waals surface area contributed by atoms with Gasteiger partial charge in [0, 0.05) is 17.2 Å². The van der Waals surface area contributed by atoms with E-state index in [4.69, 9.17) is 44.6 Å². The number of piperidine rings is 1. The summed E-state index contributed by atoms with van der Waals surface area (Å²) in [5.41, 5.74) is 5.01. The summed E-state index contributed by atoms with van der Waals surface area (Å²) in [6.45, 7) is 1.79. The van der Waals surface area contributed by atoms with Crippen molar-refractivity contribution in [1.29, 1.82) is 0 Å². The molecule has 0 radical (unpaired) electrons. The lowest BCUT2D eigenvalue weighted by Gasteiger charge is -2.36. The van der Waals surface area contributed by atoms with Crippen LogP contribution in [0.5, 0.6) is 0 Å². The molecule has 1 fully saturated rings. The molecule has 1 amide bonds. The fraction of sp³-hybridized carbons (Fsp3) is 0.391. The topological polar surface area (TPSA) is 53.9 Å². The molecule has 33 heavy (non-hydrogen) atoms. The molecule has 2 heterocycles. The maximum Gasteiger partial charge on any atom is 0.314 e. The Morgan fingerprint density at radius 2 is 1.70 bits per heavy atom. The van der Waals surface area contributed by atoms with Gasteiger partial charge in [-0.05, 0) is 55.2 Å². The molecule has 2 aliphatic rings. The first-order valence-electron chi connectivity index (χ1n) is 10.6. The van der Waals surface area contributed by atoms with Gasteiger partial charge >= 0.3 is 5.91 Å². The number of halogens is 4. The van der Waals surface area contributed by atoms with E-state index in [-0.39, 0.29) is 29.9 Å². The Hall–Kier alpha value is -1.10. The minimum Gasteiger partial charge on any atom is -1.00 e. The van der Waals surface area contributed by atoms with Crippen LogP contribution < -0.4 is 34.4 Å². The summed E-state index contributed by atoms with van der Waals surface area (Å²) in [7, 11) is 3.62. The molecule has 178 valence electrons. The second-order valence-corrected chi connectivity index (χ2v) is 9.70. The maximum absolute atomic E-state index is 13.4. The highest BCUT2D eigenvalue weighted by Gasteiger charge is 2.44. The third kappa shape index (κ3) is 5.77. The number of amides is 1. The van der Waals surface area contributed by atoms with E-state index in [2.05, 4.69) is 5.43 Å². The van der Waals surface area contributed by atoms with Crippen LogP contribution in [0.25, 0.3) is 0 Å². The zero-order valence-corrected chi connectivity index (χ0v) is 22.8. The zero-order chi connectivity index (χ0) is 22.9. The summed E-state index contributed by atoms with van der Waals surface area (Å²) in [5, 5.41) is 8.04. The fourth-order valence-corrected chi connectivity index (χ4v) is 5.02. The highest BCUT2D eigenvalue weighted by atomic mass is 127. The van der Waals surface area contributed by atoms with Crippen molar-refractivity contribution in [3.63, 3.8) is 0 Å². The van der Waals surface area contributed by atoms with Crippen LogP contribution in [0.15, 0.2) is 47.6 Å². The average molecular weight is 624 g/mol. The van der Waals surface area contributed by atoms with Crippen molar-refractivity contribution < 1.29 is 38.1 Å². The van der Waals surface area contributed by atoms with Crippen LogP contribution in [-0.4, -0.2) is 49.6 Å². The molecular formula is C23H26Cl3IN4O2. The fourth-order valence-electron chi connectivity index (χ4n) is 4.40. The van der Waals surface area contributed by atoms with E-state index in [0.29, 0.717) is 31.1 Å². The van der Waals surface area contributed by atoms with E-state index >= 15 is 0 Å². The number of carbonyl (C=O) groups is 1. The van der Waals surface area contributed by atoms with E-state index < -0.39 is 12.1 Å². The predicted octanol–water partition coefficient (Wildman–Crippen LogP) is 2.24. The van der Waals surface area contributed by atoms with E-state index in [1.165, 1.54) is 6.42 Å². The molecule has 2 aromatic rings.